The van der Waals surface area contributed by atoms with Crippen LogP contribution in [0.2, 0.25) is 0 Å². The lowest BCUT2D eigenvalue weighted by Crippen LogP contribution is -1.98. The minimum atomic E-state index is -0.378. The van der Waals surface area contributed by atoms with E-state index in [-0.39, 0.29) is 5.97 Å². The zero-order valence-electron chi connectivity index (χ0n) is 7.61. The molecule has 0 saturated carbocycles. The Balaban J connectivity index is 2.60. The normalized spacial score (nSPS) is 10.4. The van der Waals surface area contributed by atoms with Crippen molar-refractivity contribution >= 4 is 28.0 Å². The number of aromatic nitrogens is 2. The molecule has 0 atom stereocenters. The SMILES string of the molecule is CCOC(=O)C=Cc1cnc(Br)cn1. The molecular formula is C9H9BrN2O2. The number of esters is 1. The molecule has 1 aromatic heterocycles. The van der Waals surface area contributed by atoms with Crippen LogP contribution in [-0.4, -0.2) is 22.5 Å². The maximum atomic E-state index is 10.9. The first-order chi connectivity index (χ1) is 6.72. The molecule has 0 aliphatic heterocycles. The summed E-state index contributed by atoms with van der Waals surface area (Å²) in [4.78, 5) is 18.9. The van der Waals surface area contributed by atoms with E-state index in [1.165, 1.54) is 6.08 Å². The van der Waals surface area contributed by atoms with Gasteiger partial charge in [0.05, 0.1) is 24.7 Å². The van der Waals surface area contributed by atoms with Crippen LogP contribution >= 0.6 is 15.9 Å². The maximum absolute atomic E-state index is 10.9. The van der Waals surface area contributed by atoms with Crippen LogP contribution in [0, 0.1) is 0 Å². The molecule has 0 bridgehead atoms. The summed E-state index contributed by atoms with van der Waals surface area (Å²) in [6.07, 6.45) is 5.99. The summed E-state index contributed by atoms with van der Waals surface area (Å²) < 4.78 is 5.36. The average Bonchev–Trinajstić information content (AvgIpc) is 2.17. The second-order valence-corrected chi connectivity index (χ2v) is 3.16. The Morgan fingerprint density at radius 1 is 1.57 bits per heavy atom. The van der Waals surface area contributed by atoms with E-state index in [0.29, 0.717) is 16.9 Å². The van der Waals surface area contributed by atoms with Gasteiger partial charge in [-0.05, 0) is 28.9 Å². The highest BCUT2D eigenvalue weighted by molar-refractivity contribution is 9.10. The minimum Gasteiger partial charge on any atom is -0.463 e. The van der Waals surface area contributed by atoms with Crippen LogP contribution in [0.3, 0.4) is 0 Å². The van der Waals surface area contributed by atoms with Crippen LogP contribution in [0.4, 0.5) is 0 Å². The molecule has 0 amide bonds. The van der Waals surface area contributed by atoms with Gasteiger partial charge in [-0.3, -0.25) is 4.98 Å². The van der Waals surface area contributed by atoms with E-state index in [1.54, 1.807) is 25.4 Å². The van der Waals surface area contributed by atoms with Gasteiger partial charge in [0.2, 0.25) is 0 Å². The number of rotatable bonds is 3. The third kappa shape index (κ3) is 3.66. The topological polar surface area (TPSA) is 52.1 Å². The molecule has 0 aliphatic carbocycles. The summed E-state index contributed by atoms with van der Waals surface area (Å²) >= 11 is 3.16. The van der Waals surface area contributed by atoms with Crippen molar-refractivity contribution in [3.63, 3.8) is 0 Å². The lowest BCUT2D eigenvalue weighted by Gasteiger charge is -1.94. The van der Waals surface area contributed by atoms with Gasteiger partial charge in [0.1, 0.15) is 4.60 Å². The van der Waals surface area contributed by atoms with Crippen LogP contribution in [0.5, 0.6) is 0 Å². The van der Waals surface area contributed by atoms with Gasteiger partial charge in [-0.15, -0.1) is 0 Å². The van der Waals surface area contributed by atoms with Crippen LogP contribution < -0.4 is 0 Å². The number of carbonyl (C=O) groups excluding carboxylic acids is 1. The smallest absolute Gasteiger partial charge is 0.330 e. The van der Waals surface area contributed by atoms with E-state index in [2.05, 4.69) is 25.9 Å². The fourth-order valence-electron chi connectivity index (χ4n) is 0.752. The first-order valence-corrected chi connectivity index (χ1v) is 4.84. The fraction of sp³-hybridized carbons (Fsp3) is 0.222. The minimum absolute atomic E-state index is 0.370. The lowest BCUT2D eigenvalue weighted by molar-refractivity contribution is -0.137. The maximum Gasteiger partial charge on any atom is 0.330 e. The van der Waals surface area contributed by atoms with Gasteiger partial charge in [-0.25, -0.2) is 9.78 Å². The summed E-state index contributed by atoms with van der Waals surface area (Å²) in [5.74, 6) is -0.378. The highest BCUT2D eigenvalue weighted by Gasteiger charge is 1.94. The number of hydrogen-bond donors (Lipinski definition) is 0. The van der Waals surface area contributed by atoms with Gasteiger partial charge >= 0.3 is 5.97 Å². The molecule has 0 aliphatic rings. The molecule has 4 nitrogen and oxygen atoms in total. The third-order valence-corrected chi connectivity index (χ3v) is 1.73. The monoisotopic (exact) mass is 256 g/mol. The molecule has 0 unspecified atom stereocenters. The molecule has 1 heterocycles. The van der Waals surface area contributed by atoms with Crippen LogP contribution in [0.15, 0.2) is 23.1 Å². The summed E-state index contributed by atoms with van der Waals surface area (Å²) in [6, 6.07) is 0. The molecule has 0 aromatic carbocycles. The summed E-state index contributed by atoms with van der Waals surface area (Å²) in [5, 5.41) is 0. The molecule has 0 radical (unpaired) electrons. The largest absolute Gasteiger partial charge is 0.463 e. The van der Waals surface area contributed by atoms with E-state index in [1.807, 2.05) is 0 Å². The molecule has 0 spiro atoms. The molecule has 1 rings (SSSR count). The van der Waals surface area contributed by atoms with Crippen molar-refractivity contribution in [1.82, 2.24) is 9.97 Å². The molecule has 0 N–H and O–H groups in total. The van der Waals surface area contributed by atoms with E-state index < -0.39 is 0 Å². The Bertz CT molecular complexity index is 335. The van der Waals surface area contributed by atoms with Crippen LogP contribution in [0.1, 0.15) is 12.6 Å². The van der Waals surface area contributed by atoms with Crippen molar-refractivity contribution in [3.8, 4) is 0 Å². The molecule has 0 saturated heterocycles. The van der Waals surface area contributed by atoms with Gasteiger partial charge in [0.25, 0.3) is 0 Å². The molecule has 14 heavy (non-hydrogen) atoms. The zero-order chi connectivity index (χ0) is 10.4. The summed E-state index contributed by atoms with van der Waals surface area (Å²) in [6.45, 7) is 2.13. The second-order valence-electron chi connectivity index (χ2n) is 2.35. The van der Waals surface area contributed by atoms with E-state index in [0.717, 1.165) is 0 Å². The van der Waals surface area contributed by atoms with Gasteiger partial charge in [-0.2, -0.15) is 0 Å². The number of nitrogens with zero attached hydrogens (tertiary/aromatic N) is 2. The van der Waals surface area contributed by atoms with Gasteiger partial charge < -0.3 is 4.74 Å². The van der Waals surface area contributed by atoms with Crippen molar-refractivity contribution in [2.75, 3.05) is 6.61 Å². The molecule has 5 heteroatoms. The van der Waals surface area contributed by atoms with E-state index >= 15 is 0 Å². The molecule has 0 fully saturated rings. The number of carbonyl (C=O) groups is 1. The highest BCUT2D eigenvalue weighted by Crippen LogP contribution is 2.03. The first kappa shape index (κ1) is 10.8. The Kier molecular flexibility index (Phi) is 4.25. The third-order valence-electron chi connectivity index (χ3n) is 1.32. The van der Waals surface area contributed by atoms with Crippen LogP contribution in [-0.2, 0) is 9.53 Å². The van der Waals surface area contributed by atoms with Crippen molar-refractivity contribution in [3.05, 3.63) is 28.8 Å². The van der Waals surface area contributed by atoms with Gasteiger partial charge in [-0.1, -0.05) is 0 Å². The quantitative estimate of drug-likeness (QED) is 0.612. The number of ether oxygens (including phenoxy) is 1. The summed E-state index contributed by atoms with van der Waals surface area (Å²) in [5.41, 5.74) is 0.612. The van der Waals surface area contributed by atoms with E-state index in [4.69, 9.17) is 4.74 Å². The Morgan fingerprint density at radius 2 is 2.36 bits per heavy atom. The predicted octanol–water partition coefficient (Wildman–Crippen LogP) is 1.82. The second kappa shape index (κ2) is 5.49. The zero-order valence-corrected chi connectivity index (χ0v) is 9.19. The predicted molar refractivity (Wildman–Crippen MR) is 55.4 cm³/mol. The lowest BCUT2D eigenvalue weighted by atomic mass is 10.4. The van der Waals surface area contributed by atoms with E-state index in [9.17, 15) is 4.79 Å². The van der Waals surface area contributed by atoms with Gasteiger partial charge in [0.15, 0.2) is 0 Å². The standard InChI is InChI=1S/C9H9BrN2O2/c1-2-14-9(13)4-3-7-5-12-8(10)6-11-7/h3-6H,2H2,1H3. The Labute approximate surface area is 90.1 Å². The van der Waals surface area contributed by atoms with Crippen molar-refractivity contribution in [1.29, 1.82) is 0 Å². The van der Waals surface area contributed by atoms with Crippen molar-refractivity contribution in [2.24, 2.45) is 0 Å². The number of hydrogen-bond acceptors (Lipinski definition) is 4. The molecule has 1 aromatic rings. The highest BCUT2D eigenvalue weighted by atomic mass is 79.9. The molecular weight excluding hydrogens is 248 g/mol. The number of halogens is 1. The van der Waals surface area contributed by atoms with Crippen LogP contribution in [0.25, 0.3) is 6.08 Å². The van der Waals surface area contributed by atoms with Gasteiger partial charge in [0, 0.05) is 6.08 Å². The van der Waals surface area contributed by atoms with Crippen molar-refractivity contribution in [2.45, 2.75) is 6.92 Å². The Morgan fingerprint density at radius 3 is 2.93 bits per heavy atom. The fourth-order valence-corrected chi connectivity index (χ4v) is 0.957. The Hall–Kier alpha value is -1.23. The first-order valence-electron chi connectivity index (χ1n) is 4.04. The van der Waals surface area contributed by atoms with Crippen molar-refractivity contribution < 1.29 is 9.53 Å². The summed E-state index contributed by atoms with van der Waals surface area (Å²) in [7, 11) is 0. The molecule has 74 valence electrons. The average molecular weight is 257 g/mol.